The molecule has 4 heteroatoms. The molecule has 0 atom stereocenters. The zero-order chi connectivity index (χ0) is 16.4. The standard InChI is InChI=1S/C19H22N2OS/c1-13-5-7-16(8-6-13)19-20-18(12-23-19)17-11-14(2)21(15(17)3)9-10-22-4/h5-8,11-12H,9-10H2,1-4H3. The van der Waals surface area contributed by atoms with Crippen molar-refractivity contribution in [3.8, 4) is 21.8 Å². The molecule has 3 aromatic rings. The summed E-state index contributed by atoms with van der Waals surface area (Å²) in [6.07, 6.45) is 0. The van der Waals surface area contributed by atoms with Crippen molar-refractivity contribution in [3.05, 3.63) is 52.7 Å². The van der Waals surface area contributed by atoms with Gasteiger partial charge >= 0.3 is 0 Å². The molecule has 0 fully saturated rings. The van der Waals surface area contributed by atoms with Crippen molar-refractivity contribution < 1.29 is 4.74 Å². The van der Waals surface area contributed by atoms with E-state index in [4.69, 9.17) is 9.72 Å². The summed E-state index contributed by atoms with van der Waals surface area (Å²) in [6.45, 7) is 8.00. The highest BCUT2D eigenvalue weighted by Gasteiger charge is 2.14. The Kier molecular flexibility index (Phi) is 4.64. The van der Waals surface area contributed by atoms with Gasteiger partial charge in [0.25, 0.3) is 0 Å². The number of aryl methyl sites for hydroxylation is 2. The molecule has 0 N–H and O–H groups in total. The molecule has 0 radical (unpaired) electrons. The SMILES string of the molecule is COCCn1c(C)cc(-c2csc(-c3ccc(C)cc3)n2)c1C. The first-order chi connectivity index (χ1) is 11.1. The number of ether oxygens (including phenoxy) is 1. The summed E-state index contributed by atoms with van der Waals surface area (Å²) in [7, 11) is 1.74. The Bertz CT molecular complexity index is 799. The molecular formula is C19H22N2OS. The molecule has 3 rings (SSSR count). The molecule has 3 nitrogen and oxygen atoms in total. The van der Waals surface area contributed by atoms with Crippen LogP contribution in [0.2, 0.25) is 0 Å². The van der Waals surface area contributed by atoms with E-state index in [-0.39, 0.29) is 0 Å². The lowest BCUT2D eigenvalue weighted by Gasteiger charge is -2.08. The molecule has 0 unspecified atom stereocenters. The van der Waals surface area contributed by atoms with Crippen molar-refractivity contribution in [2.45, 2.75) is 27.3 Å². The molecular weight excluding hydrogens is 304 g/mol. The van der Waals surface area contributed by atoms with Crippen LogP contribution in [0.25, 0.3) is 21.8 Å². The third kappa shape index (κ3) is 3.23. The minimum Gasteiger partial charge on any atom is -0.383 e. The Morgan fingerprint density at radius 1 is 1.13 bits per heavy atom. The summed E-state index contributed by atoms with van der Waals surface area (Å²) in [4.78, 5) is 4.85. The number of nitrogens with zero attached hydrogens (tertiary/aromatic N) is 2. The van der Waals surface area contributed by atoms with Gasteiger partial charge in [-0.3, -0.25) is 0 Å². The summed E-state index contributed by atoms with van der Waals surface area (Å²) in [5, 5.41) is 3.22. The summed E-state index contributed by atoms with van der Waals surface area (Å²) >= 11 is 1.70. The Morgan fingerprint density at radius 2 is 1.87 bits per heavy atom. The van der Waals surface area contributed by atoms with Crippen LogP contribution in [-0.2, 0) is 11.3 Å². The Balaban J connectivity index is 1.93. The number of rotatable bonds is 5. The second-order valence-electron chi connectivity index (χ2n) is 5.83. The molecule has 0 amide bonds. The third-order valence-electron chi connectivity index (χ3n) is 4.17. The molecule has 23 heavy (non-hydrogen) atoms. The fourth-order valence-corrected chi connectivity index (χ4v) is 3.64. The number of thiazole rings is 1. The Labute approximate surface area is 141 Å². The van der Waals surface area contributed by atoms with Crippen LogP contribution < -0.4 is 0 Å². The molecule has 0 saturated heterocycles. The van der Waals surface area contributed by atoms with E-state index in [1.165, 1.54) is 28.1 Å². The average molecular weight is 326 g/mol. The maximum absolute atomic E-state index is 5.21. The van der Waals surface area contributed by atoms with Gasteiger partial charge in [-0.1, -0.05) is 29.8 Å². The van der Waals surface area contributed by atoms with Crippen LogP contribution in [0.15, 0.2) is 35.7 Å². The lowest BCUT2D eigenvalue weighted by atomic mass is 10.1. The molecule has 0 aliphatic carbocycles. The quantitative estimate of drug-likeness (QED) is 0.670. The van der Waals surface area contributed by atoms with E-state index in [9.17, 15) is 0 Å². The van der Waals surface area contributed by atoms with Crippen LogP contribution >= 0.6 is 11.3 Å². The number of aromatic nitrogens is 2. The highest BCUT2D eigenvalue weighted by molar-refractivity contribution is 7.13. The second-order valence-corrected chi connectivity index (χ2v) is 6.69. The van der Waals surface area contributed by atoms with Gasteiger partial charge in [-0.15, -0.1) is 11.3 Å². The minimum absolute atomic E-state index is 0.724. The largest absolute Gasteiger partial charge is 0.383 e. The predicted octanol–water partition coefficient (Wildman–Crippen LogP) is 4.85. The van der Waals surface area contributed by atoms with E-state index in [0.29, 0.717) is 0 Å². The zero-order valence-electron chi connectivity index (χ0n) is 14.1. The van der Waals surface area contributed by atoms with Crippen LogP contribution in [0.1, 0.15) is 17.0 Å². The molecule has 0 aliphatic rings. The van der Waals surface area contributed by atoms with E-state index in [1.54, 1.807) is 18.4 Å². The van der Waals surface area contributed by atoms with Crippen molar-refractivity contribution in [2.24, 2.45) is 0 Å². The van der Waals surface area contributed by atoms with Gasteiger partial charge in [0.2, 0.25) is 0 Å². The molecule has 0 spiro atoms. The molecule has 2 heterocycles. The first-order valence-corrected chi connectivity index (χ1v) is 8.66. The summed E-state index contributed by atoms with van der Waals surface area (Å²) in [5.74, 6) is 0. The van der Waals surface area contributed by atoms with Crippen molar-refractivity contribution >= 4 is 11.3 Å². The van der Waals surface area contributed by atoms with E-state index in [1.807, 2.05) is 0 Å². The molecule has 120 valence electrons. The minimum atomic E-state index is 0.724. The number of methoxy groups -OCH3 is 1. The average Bonchev–Trinajstić information content (AvgIpc) is 3.12. The maximum Gasteiger partial charge on any atom is 0.124 e. The van der Waals surface area contributed by atoms with Gasteiger partial charge in [0.15, 0.2) is 0 Å². The second kappa shape index (κ2) is 6.69. The van der Waals surface area contributed by atoms with Crippen LogP contribution in [0.5, 0.6) is 0 Å². The Hall–Kier alpha value is -1.91. The van der Waals surface area contributed by atoms with Gasteiger partial charge in [0, 0.05) is 41.5 Å². The highest BCUT2D eigenvalue weighted by Crippen LogP contribution is 2.32. The summed E-state index contributed by atoms with van der Waals surface area (Å²) in [6, 6.07) is 10.8. The van der Waals surface area contributed by atoms with Crippen LogP contribution in [0, 0.1) is 20.8 Å². The molecule has 2 aromatic heterocycles. The van der Waals surface area contributed by atoms with Crippen molar-refractivity contribution in [1.82, 2.24) is 9.55 Å². The first-order valence-electron chi connectivity index (χ1n) is 7.78. The van der Waals surface area contributed by atoms with Crippen LogP contribution in [0.3, 0.4) is 0 Å². The summed E-state index contributed by atoms with van der Waals surface area (Å²) < 4.78 is 7.50. The topological polar surface area (TPSA) is 27.1 Å². The van der Waals surface area contributed by atoms with Gasteiger partial charge in [-0.25, -0.2) is 4.98 Å². The van der Waals surface area contributed by atoms with E-state index < -0.39 is 0 Å². The summed E-state index contributed by atoms with van der Waals surface area (Å²) in [5.41, 5.74) is 7.22. The molecule has 0 aliphatic heterocycles. The van der Waals surface area contributed by atoms with Crippen LogP contribution in [0.4, 0.5) is 0 Å². The first kappa shape index (κ1) is 16.0. The van der Waals surface area contributed by atoms with Crippen molar-refractivity contribution in [2.75, 3.05) is 13.7 Å². The maximum atomic E-state index is 5.21. The lowest BCUT2D eigenvalue weighted by Crippen LogP contribution is -2.07. The third-order valence-corrected chi connectivity index (χ3v) is 5.06. The monoisotopic (exact) mass is 326 g/mol. The van der Waals surface area contributed by atoms with Gasteiger partial charge in [-0.05, 0) is 26.8 Å². The molecule has 0 bridgehead atoms. The van der Waals surface area contributed by atoms with E-state index in [2.05, 4.69) is 61.1 Å². The van der Waals surface area contributed by atoms with Gasteiger partial charge in [0.1, 0.15) is 5.01 Å². The number of benzene rings is 1. The predicted molar refractivity (Wildman–Crippen MR) is 97.1 cm³/mol. The number of hydrogen-bond donors (Lipinski definition) is 0. The van der Waals surface area contributed by atoms with E-state index in [0.717, 1.165) is 23.9 Å². The highest BCUT2D eigenvalue weighted by atomic mass is 32.1. The zero-order valence-corrected chi connectivity index (χ0v) is 14.9. The normalized spacial score (nSPS) is 11.1. The molecule has 1 aromatic carbocycles. The van der Waals surface area contributed by atoms with Crippen LogP contribution in [-0.4, -0.2) is 23.3 Å². The lowest BCUT2D eigenvalue weighted by molar-refractivity contribution is 0.186. The smallest absolute Gasteiger partial charge is 0.124 e. The van der Waals surface area contributed by atoms with Gasteiger partial charge in [0.05, 0.1) is 12.3 Å². The van der Waals surface area contributed by atoms with Gasteiger partial charge < -0.3 is 9.30 Å². The number of hydrogen-bond acceptors (Lipinski definition) is 3. The van der Waals surface area contributed by atoms with Gasteiger partial charge in [-0.2, -0.15) is 0 Å². The fraction of sp³-hybridized carbons (Fsp3) is 0.316. The van der Waals surface area contributed by atoms with E-state index >= 15 is 0 Å². The Morgan fingerprint density at radius 3 is 2.57 bits per heavy atom. The molecule has 0 saturated carbocycles. The van der Waals surface area contributed by atoms with Crippen molar-refractivity contribution in [1.29, 1.82) is 0 Å². The van der Waals surface area contributed by atoms with Crippen molar-refractivity contribution in [3.63, 3.8) is 0 Å². The fourth-order valence-electron chi connectivity index (χ4n) is 2.81.